The number of nitrogens with zero attached hydrogens (tertiary/aromatic N) is 5. The summed E-state index contributed by atoms with van der Waals surface area (Å²) in [6.07, 6.45) is 8.57. The Morgan fingerprint density at radius 3 is 2.51 bits per heavy atom. The predicted molar refractivity (Wildman–Crippen MR) is 141 cm³/mol. The van der Waals surface area contributed by atoms with E-state index < -0.39 is 0 Å². The molecule has 0 spiro atoms. The largest absolute Gasteiger partial charge is 0.497 e. The summed E-state index contributed by atoms with van der Waals surface area (Å²) in [5, 5.41) is 13.9. The molecule has 0 saturated carbocycles. The number of piperidine rings is 1. The number of methoxy groups -OCH3 is 1. The fourth-order valence-electron chi connectivity index (χ4n) is 5.04. The van der Waals surface area contributed by atoms with Gasteiger partial charge < -0.3 is 19.2 Å². The predicted octanol–water partition coefficient (Wildman–Crippen LogP) is 4.70. The maximum atomic E-state index is 12.2. The normalized spacial score (nSPS) is 14.8. The van der Waals surface area contributed by atoms with Crippen molar-refractivity contribution in [2.75, 3.05) is 31.7 Å². The molecule has 0 aliphatic carbocycles. The number of benzene rings is 1. The molecular weight excluding hydrogens is 466 g/mol. The van der Waals surface area contributed by atoms with Crippen molar-refractivity contribution in [1.82, 2.24) is 14.6 Å². The van der Waals surface area contributed by atoms with Crippen LogP contribution in [0.15, 0.2) is 61.1 Å². The van der Waals surface area contributed by atoms with Gasteiger partial charge in [-0.2, -0.15) is 10.4 Å². The number of hydrogen-bond donors (Lipinski definition) is 0. The Kier molecular flexibility index (Phi) is 6.78. The van der Waals surface area contributed by atoms with Crippen LogP contribution in [-0.4, -0.2) is 47.7 Å². The standard InChI is InChI=1S/C29H29N5O3/c1-3-37-25-14-26(28-23(16-30)18-32-34(28)19-25)22-6-9-27(31-17-22)33-12-10-29(20-35,11-13-33)15-21-4-7-24(36-2)8-5-21/h4-9,14,17-20H,3,10-13,15H2,1-2H3. The molecule has 3 aromatic heterocycles. The Hall–Kier alpha value is -4.38. The van der Waals surface area contributed by atoms with Crippen molar-refractivity contribution in [3.8, 4) is 28.7 Å². The van der Waals surface area contributed by atoms with Crippen LogP contribution >= 0.6 is 0 Å². The maximum Gasteiger partial charge on any atom is 0.138 e. The Labute approximate surface area is 216 Å². The van der Waals surface area contributed by atoms with Crippen molar-refractivity contribution in [3.63, 3.8) is 0 Å². The van der Waals surface area contributed by atoms with Crippen molar-refractivity contribution < 1.29 is 14.3 Å². The highest BCUT2D eigenvalue weighted by molar-refractivity contribution is 5.85. The molecule has 0 radical (unpaired) electrons. The molecule has 1 fully saturated rings. The van der Waals surface area contributed by atoms with Crippen LogP contribution in [0.4, 0.5) is 5.82 Å². The molecule has 0 unspecified atom stereocenters. The van der Waals surface area contributed by atoms with Crippen LogP contribution in [0.3, 0.4) is 0 Å². The van der Waals surface area contributed by atoms with Gasteiger partial charge in [-0.3, -0.25) is 0 Å². The molecule has 0 amide bonds. The third-order valence-electron chi connectivity index (χ3n) is 7.13. The van der Waals surface area contributed by atoms with E-state index in [1.54, 1.807) is 24.0 Å². The number of fused-ring (bicyclic) bond motifs is 1. The fourth-order valence-corrected chi connectivity index (χ4v) is 5.04. The van der Waals surface area contributed by atoms with Crippen molar-refractivity contribution in [2.24, 2.45) is 5.41 Å². The SMILES string of the molecule is CCOc1cc(-c2ccc(N3CCC(C=O)(Cc4ccc(OC)cc4)CC3)nc2)c2c(C#N)cnn2c1. The second-order valence-electron chi connectivity index (χ2n) is 9.38. The number of pyridine rings is 2. The Morgan fingerprint density at radius 2 is 1.89 bits per heavy atom. The molecule has 8 heteroatoms. The Bertz CT molecular complexity index is 1430. The fraction of sp³-hybridized carbons (Fsp3) is 0.310. The summed E-state index contributed by atoms with van der Waals surface area (Å²) in [7, 11) is 1.65. The summed E-state index contributed by atoms with van der Waals surface area (Å²) in [6.45, 7) is 3.97. The number of aldehydes is 1. The molecule has 8 nitrogen and oxygen atoms in total. The first-order valence-corrected chi connectivity index (χ1v) is 12.4. The summed E-state index contributed by atoms with van der Waals surface area (Å²) in [6, 6.07) is 16.1. The average molecular weight is 496 g/mol. The van der Waals surface area contributed by atoms with Gasteiger partial charge in [0.1, 0.15) is 29.7 Å². The van der Waals surface area contributed by atoms with Gasteiger partial charge in [-0.15, -0.1) is 0 Å². The van der Waals surface area contributed by atoms with Gasteiger partial charge in [0, 0.05) is 35.8 Å². The van der Waals surface area contributed by atoms with E-state index in [4.69, 9.17) is 14.5 Å². The van der Waals surface area contributed by atoms with Crippen molar-refractivity contribution >= 4 is 17.6 Å². The molecule has 1 aliphatic heterocycles. The van der Waals surface area contributed by atoms with E-state index in [9.17, 15) is 10.1 Å². The lowest BCUT2D eigenvalue weighted by molar-refractivity contribution is -0.117. The first kappa shape index (κ1) is 24.3. The highest BCUT2D eigenvalue weighted by Gasteiger charge is 2.35. The van der Waals surface area contributed by atoms with Crippen LogP contribution in [0.2, 0.25) is 0 Å². The first-order valence-electron chi connectivity index (χ1n) is 12.4. The third-order valence-corrected chi connectivity index (χ3v) is 7.13. The monoisotopic (exact) mass is 495 g/mol. The van der Waals surface area contributed by atoms with Gasteiger partial charge in [0.15, 0.2) is 0 Å². The highest BCUT2D eigenvalue weighted by atomic mass is 16.5. The van der Waals surface area contributed by atoms with E-state index in [0.29, 0.717) is 17.9 Å². The molecule has 0 bridgehead atoms. The van der Waals surface area contributed by atoms with Gasteiger partial charge in [-0.1, -0.05) is 12.1 Å². The zero-order valence-electron chi connectivity index (χ0n) is 21.1. The van der Waals surface area contributed by atoms with Crippen LogP contribution < -0.4 is 14.4 Å². The second-order valence-corrected chi connectivity index (χ2v) is 9.38. The van der Waals surface area contributed by atoms with Gasteiger partial charge >= 0.3 is 0 Å². The van der Waals surface area contributed by atoms with E-state index in [-0.39, 0.29) is 5.41 Å². The quantitative estimate of drug-likeness (QED) is 0.327. The Morgan fingerprint density at radius 1 is 1.11 bits per heavy atom. The molecule has 37 heavy (non-hydrogen) atoms. The lowest BCUT2D eigenvalue weighted by atomic mass is 9.75. The maximum absolute atomic E-state index is 12.2. The minimum Gasteiger partial charge on any atom is -0.497 e. The molecule has 0 N–H and O–H groups in total. The number of ether oxygens (including phenoxy) is 2. The smallest absolute Gasteiger partial charge is 0.138 e. The summed E-state index contributed by atoms with van der Waals surface area (Å²) in [5.74, 6) is 2.37. The lowest BCUT2D eigenvalue weighted by Crippen LogP contribution is -2.42. The molecule has 1 saturated heterocycles. The minimum absolute atomic E-state index is 0.369. The van der Waals surface area contributed by atoms with Gasteiger partial charge in [0.25, 0.3) is 0 Å². The van der Waals surface area contributed by atoms with E-state index in [2.05, 4.69) is 16.1 Å². The Balaban J connectivity index is 1.34. The summed E-state index contributed by atoms with van der Waals surface area (Å²) in [4.78, 5) is 19.1. The molecule has 4 aromatic rings. The van der Waals surface area contributed by atoms with Gasteiger partial charge in [0.2, 0.25) is 0 Å². The topological polar surface area (TPSA) is 92.7 Å². The highest BCUT2D eigenvalue weighted by Crippen LogP contribution is 2.36. The van der Waals surface area contributed by atoms with E-state index in [1.165, 1.54) is 0 Å². The number of rotatable bonds is 8. The molecule has 5 rings (SSSR count). The number of carbonyl (C=O) groups excluding carboxylic acids is 1. The molecule has 4 heterocycles. The van der Waals surface area contributed by atoms with Gasteiger partial charge in [0.05, 0.1) is 37.2 Å². The van der Waals surface area contributed by atoms with Crippen molar-refractivity contribution in [1.29, 1.82) is 5.26 Å². The molecule has 1 aliphatic rings. The number of nitriles is 1. The molecule has 188 valence electrons. The van der Waals surface area contributed by atoms with Gasteiger partial charge in [-0.25, -0.2) is 9.50 Å². The van der Waals surface area contributed by atoms with Crippen LogP contribution in [0, 0.1) is 16.7 Å². The summed E-state index contributed by atoms with van der Waals surface area (Å²) < 4.78 is 12.6. The third kappa shape index (κ3) is 4.85. The van der Waals surface area contributed by atoms with E-state index in [0.717, 1.165) is 72.4 Å². The van der Waals surface area contributed by atoms with E-state index in [1.807, 2.05) is 55.6 Å². The summed E-state index contributed by atoms with van der Waals surface area (Å²) >= 11 is 0. The summed E-state index contributed by atoms with van der Waals surface area (Å²) in [5.41, 5.74) is 3.73. The molecular formula is C29H29N5O3. The number of anilines is 1. The van der Waals surface area contributed by atoms with E-state index >= 15 is 0 Å². The van der Waals surface area contributed by atoms with Crippen LogP contribution in [0.25, 0.3) is 16.6 Å². The van der Waals surface area contributed by atoms with Crippen LogP contribution in [0.5, 0.6) is 11.5 Å². The van der Waals surface area contributed by atoms with Crippen molar-refractivity contribution in [2.45, 2.75) is 26.2 Å². The molecule has 0 atom stereocenters. The van der Waals surface area contributed by atoms with Gasteiger partial charge in [-0.05, 0) is 62.1 Å². The first-order chi connectivity index (χ1) is 18.1. The minimum atomic E-state index is -0.369. The zero-order chi connectivity index (χ0) is 25.8. The van der Waals surface area contributed by atoms with Crippen LogP contribution in [0.1, 0.15) is 30.9 Å². The second kappa shape index (κ2) is 10.3. The zero-order valence-corrected chi connectivity index (χ0v) is 21.1. The number of hydrogen-bond acceptors (Lipinski definition) is 7. The lowest BCUT2D eigenvalue weighted by Gasteiger charge is -2.39. The van der Waals surface area contributed by atoms with Crippen LogP contribution in [-0.2, 0) is 11.2 Å². The average Bonchev–Trinajstić information content (AvgIpc) is 3.37. The van der Waals surface area contributed by atoms with Crippen molar-refractivity contribution in [3.05, 3.63) is 72.2 Å². The number of aromatic nitrogens is 3. The number of carbonyl (C=O) groups is 1. The molecule has 1 aromatic carbocycles.